The average Bonchev–Trinajstić information content (AvgIpc) is 2.74. The number of rotatable bonds is 14. The Morgan fingerprint density at radius 2 is 2.00 bits per heavy atom. The summed E-state index contributed by atoms with van der Waals surface area (Å²) in [5, 5.41) is 3.10. The van der Waals surface area contributed by atoms with Gasteiger partial charge in [0.2, 0.25) is 0 Å². The molecule has 176 valence electrons. The van der Waals surface area contributed by atoms with Crippen LogP contribution in [0.4, 0.5) is 8.78 Å². The van der Waals surface area contributed by atoms with Gasteiger partial charge in [0.1, 0.15) is 11.6 Å². The van der Waals surface area contributed by atoms with E-state index in [9.17, 15) is 13.3 Å². The number of benzene rings is 1. The van der Waals surface area contributed by atoms with Crippen molar-refractivity contribution in [3.63, 3.8) is 0 Å². The van der Waals surface area contributed by atoms with Crippen LogP contribution in [-0.4, -0.2) is 42.0 Å². The van der Waals surface area contributed by atoms with Crippen LogP contribution in [0.15, 0.2) is 41.4 Å². The third-order valence-corrected chi connectivity index (χ3v) is 6.98. The molecule has 1 saturated heterocycles. The topological polar surface area (TPSA) is 80.7 Å². The first-order valence-electron chi connectivity index (χ1n) is 10.7. The van der Waals surface area contributed by atoms with Gasteiger partial charge in [-0.25, -0.2) is 8.78 Å². The quantitative estimate of drug-likeness (QED) is 0.232. The Balaban J connectivity index is 1.35. The summed E-state index contributed by atoms with van der Waals surface area (Å²) >= 11 is 1.46. The Kier molecular flexibility index (Phi) is 10.1. The normalized spacial score (nSPS) is 16.0. The second-order valence-electron chi connectivity index (χ2n) is 7.84. The number of hydrogen-bond acceptors (Lipinski definition) is 6. The molecule has 0 radical (unpaired) electrons. The van der Waals surface area contributed by atoms with Gasteiger partial charge in [0.15, 0.2) is 0 Å². The van der Waals surface area contributed by atoms with Crippen LogP contribution in [0.1, 0.15) is 36.9 Å². The Labute approximate surface area is 192 Å². The maximum absolute atomic E-state index is 14.4. The molecule has 1 aromatic heterocycles. The molecule has 1 aromatic carbocycles. The number of pyridine rings is 1. The summed E-state index contributed by atoms with van der Waals surface area (Å²) in [4.78, 5) is 13.4. The zero-order valence-corrected chi connectivity index (χ0v) is 19.6. The summed E-state index contributed by atoms with van der Waals surface area (Å²) in [5.74, 6) is 0.286. The van der Waals surface area contributed by atoms with Crippen molar-refractivity contribution < 1.29 is 27.5 Å². The first-order chi connectivity index (χ1) is 15.5. The van der Waals surface area contributed by atoms with Crippen molar-refractivity contribution in [3.05, 3.63) is 59.4 Å². The lowest BCUT2D eigenvalue weighted by atomic mass is 9.75. The lowest BCUT2D eigenvalue weighted by Crippen LogP contribution is -2.46. The van der Waals surface area contributed by atoms with Crippen molar-refractivity contribution in [2.24, 2.45) is 0 Å². The van der Waals surface area contributed by atoms with Gasteiger partial charge in [0, 0.05) is 18.2 Å². The van der Waals surface area contributed by atoms with Gasteiger partial charge in [0.05, 0.1) is 30.4 Å². The summed E-state index contributed by atoms with van der Waals surface area (Å²) in [6, 6.07) is 8.12. The van der Waals surface area contributed by atoms with Crippen molar-refractivity contribution in [2.75, 3.05) is 32.1 Å². The van der Waals surface area contributed by atoms with Gasteiger partial charge in [-0.2, -0.15) is 0 Å². The zero-order chi connectivity index (χ0) is 22.8. The molecule has 1 atom stereocenters. The first-order valence-corrected chi connectivity index (χ1v) is 12.9. The fraction of sp³-hybridized carbons (Fsp3) is 0.500. The minimum Gasteiger partial charge on any atom is -0.379 e. The number of hydrogen-bond donors (Lipinski definition) is 2. The van der Waals surface area contributed by atoms with Crippen LogP contribution in [0.5, 0.6) is 0 Å². The van der Waals surface area contributed by atoms with E-state index in [1.807, 2.05) is 12.1 Å². The Hall–Kier alpha value is -1.35. The Morgan fingerprint density at radius 1 is 1.22 bits per heavy atom. The molecule has 10 heteroatoms. The highest BCUT2D eigenvalue weighted by molar-refractivity contribution is 7.99. The van der Waals surface area contributed by atoms with Gasteiger partial charge in [-0.05, 0) is 55.3 Å². The van der Waals surface area contributed by atoms with Crippen molar-refractivity contribution in [3.8, 4) is 0 Å². The molecule has 0 saturated carbocycles. The smallest absolute Gasteiger partial charge is 0.316 e. The van der Waals surface area contributed by atoms with Crippen LogP contribution >= 0.6 is 20.0 Å². The van der Waals surface area contributed by atoms with Gasteiger partial charge in [-0.1, -0.05) is 18.6 Å². The van der Waals surface area contributed by atoms with Crippen molar-refractivity contribution >= 4 is 20.0 Å². The minimum atomic E-state index is -2.87. The molecular formula is C22H29F2N2O4PS. The van der Waals surface area contributed by atoms with E-state index >= 15 is 0 Å². The third-order valence-electron chi connectivity index (χ3n) is 5.43. The van der Waals surface area contributed by atoms with E-state index in [2.05, 4.69) is 14.8 Å². The maximum atomic E-state index is 14.4. The van der Waals surface area contributed by atoms with Gasteiger partial charge in [-0.3, -0.25) is 9.55 Å². The molecule has 32 heavy (non-hydrogen) atoms. The SMILES string of the molecule is O=[PH](O)OCCCNCc1cc(F)c(SCCCCC2(c3ccc(F)cc3)COC2)cn1. The highest BCUT2D eigenvalue weighted by atomic mass is 32.2. The molecule has 0 amide bonds. The molecule has 3 rings (SSSR count). The molecule has 0 aliphatic carbocycles. The van der Waals surface area contributed by atoms with Crippen LogP contribution in [0.3, 0.4) is 0 Å². The fourth-order valence-corrected chi connectivity index (χ4v) is 4.80. The lowest BCUT2D eigenvalue weighted by molar-refractivity contribution is -0.0652. The molecule has 1 fully saturated rings. The molecule has 0 spiro atoms. The number of unbranched alkanes of at least 4 members (excludes halogenated alkanes) is 1. The largest absolute Gasteiger partial charge is 0.379 e. The first kappa shape index (κ1) is 25.3. The Bertz CT molecular complexity index is 885. The Morgan fingerprint density at radius 3 is 2.66 bits per heavy atom. The molecule has 2 heterocycles. The van der Waals surface area contributed by atoms with E-state index in [0.717, 1.165) is 30.6 Å². The molecule has 1 aliphatic rings. The number of ether oxygens (including phenoxy) is 1. The second-order valence-corrected chi connectivity index (χ2v) is 9.79. The van der Waals surface area contributed by atoms with Crippen LogP contribution in [0, 0.1) is 11.6 Å². The molecule has 2 aromatic rings. The summed E-state index contributed by atoms with van der Waals surface area (Å²) in [5.41, 5.74) is 1.70. The highest BCUT2D eigenvalue weighted by Gasteiger charge is 2.39. The lowest BCUT2D eigenvalue weighted by Gasteiger charge is -2.42. The van der Waals surface area contributed by atoms with Crippen LogP contribution in [0.2, 0.25) is 0 Å². The van der Waals surface area contributed by atoms with Crippen LogP contribution in [-0.2, 0) is 25.8 Å². The molecule has 6 nitrogen and oxygen atoms in total. The number of nitrogens with one attached hydrogen (secondary N) is 1. The predicted molar refractivity (Wildman–Crippen MR) is 121 cm³/mol. The van der Waals surface area contributed by atoms with E-state index in [1.165, 1.54) is 30.0 Å². The van der Waals surface area contributed by atoms with Crippen LogP contribution < -0.4 is 5.32 Å². The summed E-state index contributed by atoms with van der Waals surface area (Å²) in [6.45, 7) is 2.53. The number of thioether (sulfide) groups is 1. The summed E-state index contributed by atoms with van der Waals surface area (Å²) < 4.78 is 48.1. The maximum Gasteiger partial charge on any atom is 0.316 e. The predicted octanol–water partition coefficient (Wildman–Crippen LogP) is 4.47. The molecule has 1 aliphatic heterocycles. The van der Waals surface area contributed by atoms with Gasteiger partial charge in [0.25, 0.3) is 0 Å². The van der Waals surface area contributed by atoms with Gasteiger partial charge < -0.3 is 19.5 Å². The van der Waals surface area contributed by atoms with Crippen molar-refractivity contribution in [1.82, 2.24) is 10.3 Å². The molecule has 2 N–H and O–H groups in total. The minimum absolute atomic E-state index is 0.0256. The number of nitrogens with zero attached hydrogens (tertiary/aromatic N) is 1. The average molecular weight is 487 g/mol. The summed E-state index contributed by atoms with van der Waals surface area (Å²) in [7, 11) is -2.87. The molecule has 0 bridgehead atoms. The molecular weight excluding hydrogens is 457 g/mol. The van der Waals surface area contributed by atoms with E-state index in [-0.39, 0.29) is 23.7 Å². The standard InChI is InChI=1S/C22H29F2N2O4PS/c23-18-6-4-17(5-7-18)22(15-29-16-22)8-1-2-11-32-21-14-26-19(12-20(21)24)13-25-9-3-10-30-31(27)28/h4-7,12,14,25,31H,1-3,8-11,13,15-16H2,(H,27,28). The van der Waals surface area contributed by atoms with Crippen LogP contribution in [0.25, 0.3) is 0 Å². The zero-order valence-electron chi connectivity index (χ0n) is 17.8. The third kappa shape index (κ3) is 7.61. The van der Waals surface area contributed by atoms with E-state index in [0.29, 0.717) is 43.3 Å². The van der Waals surface area contributed by atoms with Gasteiger partial charge in [-0.15, -0.1) is 11.8 Å². The molecule has 1 unspecified atom stereocenters. The monoisotopic (exact) mass is 486 g/mol. The van der Waals surface area contributed by atoms with Gasteiger partial charge >= 0.3 is 8.25 Å². The van der Waals surface area contributed by atoms with E-state index < -0.39 is 8.25 Å². The second kappa shape index (κ2) is 12.8. The van der Waals surface area contributed by atoms with E-state index in [1.54, 1.807) is 6.20 Å². The summed E-state index contributed by atoms with van der Waals surface area (Å²) in [6.07, 6.45) is 5.04. The number of aromatic nitrogens is 1. The highest BCUT2D eigenvalue weighted by Crippen LogP contribution is 2.37. The van der Waals surface area contributed by atoms with Crippen molar-refractivity contribution in [1.29, 1.82) is 0 Å². The van der Waals surface area contributed by atoms with Crippen molar-refractivity contribution in [2.45, 2.75) is 42.5 Å². The number of halogens is 2. The van der Waals surface area contributed by atoms with E-state index in [4.69, 9.17) is 9.63 Å². The fourth-order valence-electron chi connectivity index (χ4n) is 3.59.